The molecular weight excluding hydrogens is 412 g/mol. The van der Waals surface area contributed by atoms with Crippen molar-refractivity contribution in [2.45, 2.75) is 42.7 Å². The third-order valence-electron chi connectivity index (χ3n) is 3.34. The molecule has 5 nitrogen and oxygen atoms in total. The van der Waals surface area contributed by atoms with Crippen LogP contribution in [0.1, 0.15) is 25.7 Å². The second-order valence-electron chi connectivity index (χ2n) is 4.89. The van der Waals surface area contributed by atoms with E-state index in [-0.39, 0.29) is 10.6 Å². The minimum atomic E-state index is -3.77. The van der Waals surface area contributed by atoms with Gasteiger partial charge in [-0.25, -0.2) is 13.1 Å². The van der Waals surface area contributed by atoms with E-state index >= 15 is 0 Å². The number of anilines is 1. The number of aliphatic hydroxyl groups is 1. The summed E-state index contributed by atoms with van der Waals surface area (Å²) in [6.07, 6.45) is 2.43. The molecule has 112 valence electrons. The summed E-state index contributed by atoms with van der Waals surface area (Å²) in [5, 5.41) is 9.88. The summed E-state index contributed by atoms with van der Waals surface area (Å²) < 4.78 is 28.5. The average Bonchev–Trinajstić information content (AvgIpc) is 2.30. The van der Waals surface area contributed by atoms with Gasteiger partial charge in [0.1, 0.15) is 4.90 Å². The number of benzene rings is 1. The van der Waals surface area contributed by atoms with Crippen LogP contribution in [0.3, 0.4) is 0 Å². The zero-order valence-corrected chi connectivity index (χ0v) is 14.6. The summed E-state index contributed by atoms with van der Waals surface area (Å²) in [5.74, 6) is 0. The Morgan fingerprint density at radius 1 is 1.25 bits per heavy atom. The molecule has 8 heteroatoms. The van der Waals surface area contributed by atoms with Crippen LogP contribution in [-0.2, 0) is 10.0 Å². The number of hydrogen-bond donors (Lipinski definition) is 3. The molecule has 1 saturated carbocycles. The molecule has 4 N–H and O–H groups in total. The maximum absolute atomic E-state index is 12.5. The van der Waals surface area contributed by atoms with E-state index in [4.69, 9.17) is 5.73 Å². The summed E-state index contributed by atoms with van der Waals surface area (Å²) in [6, 6.07) is 2.71. The molecule has 1 aliphatic rings. The highest BCUT2D eigenvalue weighted by Crippen LogP contribution is 2.32. The highest BCUT2D eigenvalue weighted by Gasteiger charge is 2.30. The molecule has 2 rings (SSSR count). The Hall–Kier alpha value is -0.150. The molecule has 0 bridgehead atoms. The molecule has 2 unspecified atom stereocenters. The normalized spacial score (nSPS) is 23.8. The first-order valence-electron chi connectivity index (χ1n) is 6.26. The van der Waals surface area contributed by atoms with Gasteiger partial charge in [0.2, 0.25) is 10.0 Å². The molecule has 1 aliphatic carbocycles. The van der Waals surface area contributed by atoms with E-state index in [0.29, 0.717) is 21.8 Å². The molecule has 0 heterocycles. The van der Waals surface area contributed by atoms with Crippen molar-refractivity contribution in [3.05, 3.63) is 21.1 Å². The van der Waals surface area contributed by atoms with Crippen molar-refractivity contribution < 1.29 is 13.5 Å². The lowest BCUT2D eigenvalue weighted by atomic mass is 9.93. The summed E-state index contributed by atoms with van der Waals surface area (Å²) in [7, 11) is -3.77. The second kappa shape index (κ2) is 6.31. The van der Waals surface area contributed by atoms with E-state index in [1.807, 2.05) is 0 Å². The fraction of sp³-hybridized carbons (Fsp3) is 0.500. The molecule has 1 aromatic rings. The molecule has 0 amide bonds. The van der Waals surface area contributed by atoms with Gasteiger partial charge in [0.05, 0.1) is 11.8 Å². The molecule has 20 heavy (non-hydrogen) atoms. The number of halogens is 2. The lowest BCUT2D eigenvalue weighted by Gasteiger charge is -2.28. The van der Waals surface area contributed by atoms with Crippen LogP contribution in [-0.4, -0.2) is 25.7 Å². The van der Waals surface area contributed by atoms with Gasteiger partial charge in [0.15, 0.2) is 0 Å². The number of nitrogens with one attached hydrogen (secondary N) is 1. The molecule has 2 atom stereocenters. The van der Waals surface area contributed by atoms with E-state index in [2.05, 4.69) is 36.6 Å². The first kappa shape index (κ1) is 16.2. The monoisotopic (exact) mass is 426 g/mol. The number of sulfonamides is 1. The Morgan fingerprint density at radius 3 is 2.50 bits per heavy atom. The fourth-order valence-electron chi connectivity index (χ4n) is 2.37. The average molecular weight is 428 g/mol. The van der Waals surface area contributed by atoms with Crippen molar-refractivity contribution in [1.82, 2.24) is 4.72 Å². The highest BCUT2D eigenvalue weighted by molar-refractivity contribution is 9.11. The molecule has 0 aliphatic heterocycles. The standard InChI is InChI=1S/C12H16Br2N2O3S/c13-7-5-8(14)12(9(15)6-7)20(18,19)16-10-3-1-2-4-11(10)17/h5-6,10-11,16-17H,1-4,15H2. The minimum Gasteiger partial charge on any atom is -0.398 e. The van der Waals surface area contributed by atoms with Crippen molar-refractivity contribution in [2.75, 3.05) is 5.73 Å². The molecular formula is C12H16Br2N2O3S. The van der Waals surface area contributed by atoms with E-state index in [1.165, 1.54) is 6.07 Å². The van der Waals surface area contributed by atoms with Crippen LogP contribution in [0.5, 0.6) is 0 Å². The van der Waals surface area contributed by atoms with Crippen molar-refractivity contribution >= 4 is 47.6 Å². The summed E-state index contributed by atoms with van der Waals surface area (Å²) in [4.78, 5) is 0.0125. The van der Waals surface area contributed by atoms with Crippen LogP contribution in [0.25, 0.3) is 0 Å². The predicted molar refractivity (Wildman–Crippen MR) is 84.8 cm³/mol. The van der Waals surface area contributed by atoms with Crippen LogP contribution in [0.4, 0.5) is 5.69 Å². The van der Waals surface area contributed by atoms with Gasteiger partial charge in [-0.1, -0.05) is 28.8 Å². The van der Waals surface area contributed by atoms with Crippen molar-refractivity contribution in [3.8, 4) is 0 Å². The van der Waals surface area contributed by atoms with Crippen molar-refractivity contribution in [3.63, 3.8) is 0 Å². The first-order valence-corrected chi connectivity index (χ1v) is 9.33. The maximum atomic E-state index is 12.5. The van der Waals surface area contributed by atoms with Gasteiger partial charge in [0.25, 0.3) is 0 Å². The van der Waals surface area contributed by atoms with E-state index in [1.54, 1.807) is 6.07 Å². The maximum Gasteiger partial charge on any atom is 0.244 e. The zero-order chi connectivity index (χ0) is 14.9. The largest absolute Gasteiger partial charge is 0.398 e. The highest BCUT2D eigenvalue weighted by atomic mass is 79.9. The third-order valence-corrected chi connectivity index (χ3v) is 6.29. The SMILES string of the molecule is Nc1cc(Br)cc(Br)c1S(=O)(=O)NC1CCCCC1O. The summed E-state index contributed by atoms with van der Waals surface area (Å²) >= 11 is 6.48. The number of rotatable bonds is 3. The predicted octanol–water partition coefficient (Wildman–Crippen LogP) is 2.38. The van der Waals surface area contributed by atoms with E-state index in [0.717, 1.165) is 12.8 Å². The van der Waals surface area contributed by atoms with Gasteiger partial charge in [-0.15, -0.1) is 0 Å². The minimum absolute atomic E-state index is 0.0125. The van der Waals surface area contributed by atoms with Gasteiger partial charge >= 0.3 is 0 Å². The number of nitrogen functional groups attached to an aromatic ring is 1. The van der Waals surface area contributed by atoms with E-state index in [9.17, 15) is 13.5 Å². The zero-order valence-electron chi connectivity index (χ0n) is 10.6. The van der Waals surface area contributed by atoms with Crippen LogP contribution < -0.4 is 10.5 Å². The van der Waals surface area contributed by atoms with Gasteiger partial charge in [-0.2, -0.15) is 0 Å². The van der Waals surface area contributed by atoms with Gasteiger partial charge < -0.3 is 10.8 Å². The Balaban J connectivity index is 2.31. The van der Waals surface area contributed by atoms with Crippen LogP contribution in [0.2, 0.25) is 0 Å². The lowest BCUT2D eigenvalue weighted by molar-refractivity contribution is 0.101. The van der Waals surface area contributed by atoms with E-state index < -0.39 is 22.2 Å². The Bertz CT molecular complexity index is 584. The second-order valence-corrected chi connectivity index (χ2v) is 8.31. The lowest BCUT2D eigenvalue weighted by Crippen LogP contribution is -2.45. The summed E-state index contributed by atoms with van der Waals surface area (Å²) in [6.45, 7) is 0. The number of nitrogens with two attached hydrogens (primary N) is 1. The quantitative estimate of drug-likeness (QED) is 0.645. The number of aliphatic hydroxyl groups excluding tert-OH is 1. The molecule has 0 radical (unpaired) electrons. The van der Waals surface area contributed by atoms with Crippen molar-refractivity contribution in [2.24, 2.45) is 0 Å². The van der Waals surface area contributed by atoms with Crippen LogP contribution in [0, 0.1) is 0 Å². The summed E-state index contributed by atoms with van der Waals surface area (Å²) in [5.41, 5.74) is 5.96. The molecule has 1 aromatic carbocycles. The smallest absolute Gasteiger partial charge is 0.244 e. The third kappa shape index (κ3) is 3.54. The molecule has 0 saturated heterocycles. The topological polar surface area (TPSA) is 92.4 Å². The Kier molecular flexibility index (Phi) is 5.12. The number of hydrogen-bond acceptors (Lipinski definition) is 4. The van der Waals surface area contributed by atoms with Gasteiger partial charge in [-0.05, 0) is 40.9 Å². The van der Waals surface area contributed by atoms with Gasteiger partial charge in [-0.3, -0.25) is 0 Å². The Morgan fingerprint density at radius 2 is 1.90 bits per heavy atom. The first-order chi connectivity index (χ1) is 9.31. The molecule has 0 spiro atoms. The van der Waals surface area contributed by atoms with Crippen LogP contribution >= 0.6 is 31.9 Å². The molecule has 1 fully saturated rings. The van der Waals surface area contributed by atoms with Gasteiger partial charge in [0, 0.05) is 15.0 Å². The Labute approximate surface area is 135 Å². The van der Waals surface area contributed by atoms with Crippen molar-refractivity contribution in [1.29, 1.82) is 0 Å². The molecule has 0 aromatic heterocycles. The fourth-order valence-corrected chi connectivity index (χ4v) is 5.74. The van der Waals surface area contributed by atoms with Crippen LogP contribution in [0.15, 0.2) is 26.0 Å².